The van der Waals surface area contributed by atoms with Crippen LogP contribution in [0.4, 0.5) is 0 Å². The molecular weight excluding hydrogens is 194 g/mol. The van der Waals surface area contributed by atoms with Gasteiger partial charge in [0.15, 0.2) is 0 Å². The molecule has 0 aliphatic heterocycles. The van der Waals surface area contributed by atoms with Crippen LogP contribution in [0.1, 0.15) is 23.6 Å². The molecule has 0 unspecified atom stereocenters. The van der Waals surface area contributed by atoms with Crippen molar-refractivity contribution in [3.8, 4) is 5.75 Å². The van der Waals surface area contributed by atoms with E-state index in [0.29, 0.717) is 0 Å². The van der Waals surface area contributed by atoms with Gasteiger partial charge in [0.2, 0.25) is 0 Å². The minimum Gasteiger partial charge on any atom is -0.508 e. The smallest absolute Gasteiger partial charge is 0.307 e. The highest BCUT2D eigenvalue weighted by atomic mass is 16.5. The number of hydrogen-bond acceptors (Lipinski definition) is 4. The zero-order chi connectivity index (χ0) is 11.4. The number of rotatable bonds is 3. The maximum absolute atomic E-state index is 11.0. The van der Waals surface area contributed by atoms with Crippen molar-refractivity contribution in [3.63, 3.8) is 0 Å². The standard InChI is InChI=1S/C11H15NO3/c1-7-5-8(13)3-4-9(7)10(12)6-11(14)15-2/h3-5,10,13H,6,12H2,1-2H3/t10-/m0/s1. The van der Waals surface area contributed by atoms with Crippen molar-refractivity contribution in [2.24, 2.45) is 5.73 Å². The molecule has 0 saturated heterocycles. The van der Waals surface area contributed by atoms with Crippen molar-refractivity contribution >= 4 is 5.97 Å². The molecule has 0 radical (unpaired) electrons. The largest absolute Gasteiger partial charge is 0.508 e. The van der Waals surface area contributed by atoms with E-state index in [1.165, 1.54) is 7.11 Å². The first-order valence-corrected chi connectivity index (χ1v) is 4.66. The van der Waals surface area contributed by atoms with E-state index in [0.717, 1.165) is 11.1 Å². The minimum atomic E-state index is -0.391. The quantitative estimate of drug-likeness (QED) is 0.735. The van der Waals surface area contributed by atoms with Gasteiger partial charge in [-0.1, -0.05) is 6.07 Å². The van der Waals surface area contributed by atoms with E-state index in [4.69, 9.17) is 5.73 Å². The summed E-state index contributed by atoms with van der Waals surface area (Å²) in [5, 5.41) is 9.21. The second-order valence-corrected chi connectivity index (χ2v) is 3.43. The second-order valence-electron chi connectivity index (χ2n) is 3.43. The van der Waals surface area contributed by atoms with E-state index in [1.807, 2.05) is 6.92 Å². The minimum absolute atomic E-state index is 0.141. The molecule has 0 bridgehead atoms. The molecule has 4 heteroatoms. The van der Waals surface area contributed by atoms with Crippen LogP contribution in [0.2, 0.25) is 0 Å². The summed E-state index contributed by atoms with van der Waals surface area (Å²) in [5.74, 6) is -0.142. The summed E-state index contributed by atoms with van der Waals surface area (Å²) in [6, 6.07) is 4.50. The van der Waals surface area contributed by atoms with Crippen LogP contribution in [-0.4, -0.2) is 18.2 Å². The van der Waals surface area contributed by atoms with Crippen LogP contribution >= 0.6 is 0 Å². The Kier molecular flexibility index (Phi) is 3.68. The molecule has 82 valence electrons. The third kappa shape index (κ3) is 2.95. The molecule has 0 spiro atoms. The van der Waals surface area contributed by atoms with Crippen LogP contribution in [-0.2, 0) is 9.53 Å². The molecule has 0 amide bonds. The van der Waals surface area contributed by atoms with Gasteiger partial charge in [0.1, 0.15) is 5.75 Å². The highest BCUT2D eigenvalue weighted by molar-refractivity contribution is 5.70. The van der Waals surface area contributed by atoms with Gasteiger partial charge in [-0.3, -0.25) is 4.79 Å². The Bertz CT molecular complexity index is 363. The van der Waals surface area contributed by atoms with Crippen molar-refractivity contribution in [1.29, 1.82) is 0 Å². The highest BCUT2D eigenvalue weighted by Crippen LogP contribution is 2.22. The first-order chi connectivity index (χ1) is 7.04. The summed E-state index contributed by atoms with van der Waals surface area (Å²) in [6.07, 6.45) is 0.141. The number of aryl methyl sites for hydroxylation is 1. The molecule has 0 aliphatic rings. The predicted molar refractivity (Wildman–Crippen MR) is 56.4 cm³/mol. The lowest BCUT2D eigenvalue weighted by atomic mass is 9.99. The third-order valence-corrected chi connectivity index (χ3v) is 2.27. The number of phenols is 1. The van der Waals surface area contributed by atoms with Gasteiger partial charge in [0.05, 0.1) is 13.5 Å². The first-order valence-electron chi connectivity index (χ1n) is 4.66. The number of carbonyl (C=O) groups excluding carboxylic acids is 1. The van der Waals surface area contributed by atoms with Gasteiger partial charge in [-0.15, -0.1) is 0 Å². The maximum Gasteiger partial charge on any atom is 0.307 e. The second kappa shape index (κ2) is 4.79. The van der Waals surface area contributed by atoms with Gasteiger partial charge in [0.25, 0.3) is 0 Å². The SMILES string of the molecule is COC(=O)C[C@H](N)c1ccc(O)cc1C. The topological polar surface area (TPSA) is 72.5 Å². The van der Waals surface area contributed by atoms with Crippen molar-refractivity contribution in [2.75, 3.05) is 7.11 Å². The molecule has 1 rings (SSSR count). The summed E-state index contributed by atoms with van der Waals surface area (Å²) in [7, 11) is 1.33. The maximum atomic E-state index is 11.0. The van der Waals surface area contributed by atoms with Gasteiger partial charge in [-0.05, 0) is 30.2 Å². The fraction of sp³-hybridized carbons (Fsp3) is 0.364. The van der Waals surface area contributed by atoms with Gasteiger partial charge < -0.3 is 15.6 Å². The summed E-state index contributed by atoms with van der Waals surface area (Å²) in [6.45, 7) is 1.84. The van der Waals surface area contributed by atoms with E-state index in [-0.39, 0.29) is 18.1 Å². The van der Waals surface area contributed by atoms with Crippen molar-refractivity contribution in [1.82, 2.24) is 0 Å². The Morgan fingerprint density at radius 1 is 1.60 bits per heavy atom. The van der Waals surface area contributed by atoms with E-state index in [1.54, 1.807) is 18.2 Å². The predicted octanol–water partition coefficient (Wildman–Crippen LogP) is 1.26. The normalized spacial score (nSPS) is 12.2. The zero-order valence-corrected chi connectivity index (χ0v) is 8.86. The van der Waals surface area contributed by atoms with Crippen LogP contribution in [0.25, 0.3) is 0 Å². The molecular formula is C11H15NO3. The lowest BCUT2D eigenvalue weighted by molar-refractivity contribution is -0.141. The van der Waals surface area contributed by atoms with Crippen LogP contribution in [0.5, 0.6) is 5.75 Å². The number of esters is 1. The highest BCUT2D eigenvalue weighted by Gasteiger charge is 2.13. The number of phenolic OH excluding ortho intramolecular Hbond substituents is 1. The lowest BCUT2D eigenvalue weighted by Crippen LogP contribution is -2.17. The Labute approximate surface area is 88.7 Å². The number of methoxy groups -OCH3 is 1. The van der Waals surface area contributed by atoms with E-state index in [2.05, 4.69) is 4.74 Å². The van der Waals surface area contributed by atoms with Crippen molar-refractivity contribution in [2.45, 2.75) is 19.4 Å². The third-order valence-electron chi connectivity index (χ3n) is 2.27. The Balaban J connectivity index is 2.82. The molecule has 15 heavy (non-hydrogen) atoms. The molecule has 0 heterocycles. The summed E-state index contributed by atoms with van der Waals surface area (Å²) in [5.41, 5.74) is 7.55. The van der Waals surface area contributed by atoms with Crippen LogP contribution in [0, 0.1) is 6.92 Å². The van der Waals surface area contributed by atoms with Crippen molar-refractivity contribution in [3.05, 3.63) is 29.3 Å². The molecule has 1 aromatic carbocycles. The first kappa shape index (κ1) is 11.5. The monoisotopic (exact) mass is 209 g/mol. The summed E-state index contributed by atoms with van der Waals surface area (Å²) >= 11 is 0. The molecule has 4 nitrogen and oxygen atoms in total. The van der Waals surface area contributed by atoms with Crippen LogP contribution in [0.15, 0.2) is 18.2 Å². The van der Waals surface area contributed by atoms with Crippen LogP contribution < -0.4 is 5.73 Å². The van der Waals surface area contributed by atoms with Crippen molar-refractivity contribution < 1.29 is 14.6 Å². The van der Waals surface area contributed by atoms with E-state index >= 15 is 0 Å². The summed E-state index contributed by atoms with van der Waals surface area (Å²) < 4.78 is 4.54. The average Bonchev–Trinajstić information content (AvgIpc) is 2.17. The van der Waals surface area contributed by atoms with Gasteiger partial charge in [-0.2, -0.15) is 0 Å². The molecule has 0 saturated carbocycles. The zero-order valence-electron chi connectivity index (χ0n) is 8.86. The van der Waals surface area contributed by atoms with E-state index in [9.17, 15) is 9.90 Å². The van der Waals surface area contributed by atoms with Crippen LogP contribution in [0.3, 0.4) is 0 Å². The number of ether oxygens (including phenoxy) is 1. The number of hydrogen-bond donors (Lipinski definition) is 2. The molecule has 1 atom stereocenters. The Morgan fingerprint density at radius 3 is 2.80 bits per heavy atom. The van der Waals surface area contributed by atoms with Gasteiger partial charge in [-0.25, -0.2) is 0 Å². The Morgan fingerprint density at radius 2 is 2.27 bits per heavy atom. The summed E-state index contributed by atoms with van der Waals surface area (Å²) in [4.78, 5) is 11.0. The number of nitrogens with two attached hydrogens (primary N) is 1. The number of carbonyl (C=O) groups is 1. The molecule has 0 aromatic heterocycles. The fourth-order valence-electron chi connectivity index (χ4n) is 1.45. The number of aromatic hydroxyl groups is 1. The van der Waals surface area contributed by atoms with Gasteiger partial charge in [0, 0.05) is 6.04 Å². The van der Waals surface area contributed by atoms with E-state index < -0.39 is 6.04 Å². The number of benzene rings is 1. The molecule has 3 N–H and O–H groups in total. The van der Waals surface area contributed by atoms with Gasteiger partial charge >= 0.3 is 5.97 Å². The molecule has 0 aliphatic carbocycles. The fourth-order valence-corrected chi connectivity index (χ4v) is 1.45. The lowest BCUT2D eigenvalue weighted by Gasteiger charge is -2.13. The average molecular weight is 209 g/mol. The molecule has 0 fully saturated rings. The molecule has 1 aromatic rings. The Hall–Kier alpha value is -1.55.